The van der Waals surface area contributed by atoms with E-state index in [0.717, 1.165) is 0 Å². The van der Waals surface area contributed by atoms with E-state index in [-0.39, 0.29) is 40.6 Å². The first-order valence-electron chi connectivity index (χ1n) is 12.3. The molecule has 9 nitrogen and oxygen atoms in total. The molecule has 0 unspecified atom stereocenters. The third kappa shape index (κ3) is 4.70. The Morgan fingerprint density at radius 1 is 1.11 bits per heavy atom. The summed E-state index contributed by atoms with van der Waals surface area (Å²) in [6, 6.07) is 0.867. The van der Waals surface area contributed by atoms with Gasteiger partial charge in [0.25, 0.3) is 0 Å². The van der Waals surface area contributed by atoms with Gasteiger partial charge in [0.2, 0.25) is 5.91 Å². The molecule has 1 saturated heterocycles. The summed E-state index contributed by atoms with van der Waals surface area (Å²) >= 11 is 6.14. The molecule has 4 heterocycles. The van der Waals surface area contributed by atoms with Crippen LogP contribution in [0.2, 0.25) is 5.15 Å². The van der Waals surface area contributed by atoms with Gasteiger partial charge in [0.1, 0.15) is 12.1 Å². The SMILES string of the molecule is C=CC(=O)N1C[C@H](C)N(c2nc(=O)n(-c3c(C(C)C)ncnc3C(C)C)c3nc(Cl)c(F)cc23)C[C@H]1C. The number of rotatable bonds is 5. The molecule has 3 aromatic heterocycles. The molecule has 0 radical (unpaired) electrons. The average Bonchev–Trinajstić information content (AvgIpc) is 2.85. The molecule has 3 aromatic rings. The van der Waals surface area contributed by atoms with Gasteiger partial charge in [0.05, 0.1) is 22.5 Å². The Kier molecular flexibility index (Phi) is 7.32. The van der Waals surface area contributed by atoms with Crippen molar-refractivity contribution in [3.05, 3.63) is 57.9 Å². The molecule has 196 valence electrons. The van der Waals surface area contributed by atoms with Gasteiger partial charge >= 0.3 is 5.69 Å². The molecular weight excluding hydrogens is 497 g/mol. The van der Waals surface area contributed by atoms with Crippen molar-refractivity contribution in [1.29, 1.82) is 0 Å². The molecule has 0 N–H and O–H groups in total. The zero-order valence-corrected chi connectivity index (χ0v) is 22.6. The molecule has 1 aliphatic heterocycles. The van der Waals surface area contributed by atoms with E-state index in [1.807, 2.05) is 46.4 Å². The van der Waals surface area contributed by atoms with Crippen LogP contribution in [0.25, 0.3) is 16.7 Å². The maximum atomic E-state index is 14.8. The standard InChI is InChI=1S/C26H31ClFN7O2/c1-8-19(36)33-10-16(7)34(11-15(33)6)24-17-9-18(28)23(27)31-25(17)35(26(37)32-24)22-20(13(2)3)29-12-30-21(22)14(4)5/h8-9,12-16H,1,10-11H2,2-7H3/t15-,16+/m1/s1. The summed E-state index contributed by atoms with van der Waals surface area (Å²) in [5, 5.41) is -0.0213. The molecule has 37 heavy (non-hydrogen) atoms. The largest absolute Gasteiger partial charge is 0.355 e. The highest BCUT2D eigenvalue weighted by molar-refractivity contribution is 6.30. The minimum Gasteiger partial charge on any atom is -0.349 e. The summed E-state index contributed by atoms with van der Waals surface area (Å²) in [4.78, 5) is 47.4. The fourth-order valence-corrected chi connectivity index (χ4v) is 4.97. The van der Waals surface area contributed by atoms with Gasteiger partial charge in [-0.15, -0.1) is 0 Å². The predicted octanol–water partition coefficient (Wildman–Crippen LogP) is 4.22. The molecule has 0 bridgehead atoms. The summed E-state index contributed by atoms with van der Waals surface area (Å²) in [7, 11) is 0. The van der Waals surface area contributed by atoms with E-state index < -0.39 is 11.5 Å². The lowest BCUT2D eigenvalue weighted by atomic mass is 10.0. The van der Waals surface area contributed by atoms with Crippen LogP contribution in [-0.4, -0.2) is 60.5 Å². The third-order valence-electron chi connectivity index (χ3n) is 6.67. The lowest BCUT2D eigenvalue weighted by Crippen LogP contribution is -2.58. The molecular formula is C26H31ClFN7O2. The lowest BCUT2D eigenvalue weighted by Gasteiger charge is -2.44. The topological polar surface area (TPSA) is 97.1 Å². The number of hydrogen-bond acceptors (Lipinski definition) is 7. The minimum atomic E-state index is -0.721. The first-order chi connectivity index (χ1) is 17.5. The Balaban J connectivity index is 2.01. The van der Waals surface area contributed by atoms with Crippen LogP contribution >= 0.6 is 11.6 Å². The van der Waals surface area contributed by atoms with Gasteiger partial charge in [0, 0.05) is 25.2 Å². The number of carbonyl (C=O) groups is 1. The van der Waals surface area contributed by atoms with Gasteiger partial charge in [-0.1, -0.05) is 45.9 Å². The van der Waals surface area contributed by atoms with Crippen LogP contribution in [0.5, 0.6) is 0 Å². The van der Waals surface area contributed by atoms with Crippen molar-refractivity contribution in [3.63, 3.8) is 0 Å². The number of pyridine rings is 1. The number of aromatic nitrogens is 5. The molecule has 0 aliphatic carbocycles. The Bertz CT molecular complexity index is 1410. The molecule has 0 spiro atoms. The molecule has 2 atom stereocenters. The summed E-state index contributed by atoms with van der Waals surface area (Å²) in [6.07, 6.45) is 2.77. The molecule has 0 aromatic carbocycles. The van der Waals surface area contributed by atoms with Gasteiger partial charge in [-0.2, -0.15) is 4.98 Å². The zero-order chi connectivity index (χ0) is 27.2. The van der Waals surface area contributed by atoms with Gasteiger partial charge in [-0.05, 0) is 37.8 Å². The van der Waals surface area contributed by atoms with E-state index in [0.29, 0.717) is 41.4 Å². The van der Waals surface area contributed by atoms with E-state index >= 15 is 0 Å². The molecule has 0 saturated carbocycles. The lowest BCUT2D eigenvalue weighted by molar-refractivity contribution is -0.128. The number of hydrogen-bond donors (Lipinski definition) is 0. The summed E-state index contributed by atoms with van der Waals surface area (Å²) in [5.41, 5.74) is 1.36. The molecule has 1 fully saturated rings. The Morgan fingerprint density at radius 2 is 1.73 bits per heavy atom. The van der Waals surface area contributed by atoms with Crippen LogP contribution in [-0.2, 0) is 4.79 Å². The summed E-state index contributed by atoms with van der Waals surface area (Å²) < 4.78 is 16.2. The number of piperazine rings is 1. The Labute approximate surface area is 220 Å². The number of anilines is 1. The first-order valence-corrected chi connectivity index (χ1v) is 12.7. The van der Waals surface area contributed by atoms with Crippen LogP contribution in [0.1, 0.15) is 64.8 Å². The van der Waals surface area contributed by atoms with Crippen LogP contribution in [0.3, 0.4) is 0 Å². The van der Waals surface area contributed by atoms with E-state index in [1.165, 1.54) is 23.0 Å². The second-order valence-corrected chi connectivity index (χ2v) is 10.4. The molecule has 1 amide bonds. The van der Waals surface area contributed by atoms with E-state index in [4.69, 9.17) is 11.6 Å². The number of amides is 1. The van der Waals surface area contributed by atoms with Crippen molar-refractivity contribution in [2.75, 3.05) is 18.0 Å². The highest BCUT2D eigenvalue weighted by atomic mass is 35.5. The third-order valence-corrected chi connectivity index (χ3v) is 6.94. The second-order valence-electron chi connectivity index (χ2n) is 10.0. The summed E-state index contributed by atoms with van der Waals surface area (Å²) in [5.74, 6) is -0.675. The summed E-state index contributed by atoms with van der Waals surface area (Å²) in [6.45, 7) is 16.1. The van der Waals surface area contributed by atoms with Crippen molar-refractivity contribution < 1.29 is 9.18 Å². The van der Waals surface area contributed by atoms with Gasteiger partial charge in [-0.25, -0.2) is 28.7 Å². The second kappa shape index (κ2) is 10.2. The highest BCUT2D eigenvalue weighted by Gasteiger charge is 2.34. The normalized spacial score (nSPS) is 18.2. The number of carbonyl (C=O) groups excluding carboxylic acids is 1. The quantitative estimate of drug-likeness (QED) is 0.362. The van der Waals surface area contributed by atoms with Crippen LogP contribution in [0, 0.1) is 5.82 Å². The van der Waals surface area contributed by atoms with E-state index in [1.54, 1.807) is 4.90 Å². The average molecular weight is 528 g/mol. The first kappa shape index (κ1) is 26.7. The van der Waals surface area contributed by atoms with Gasteiger partial charge in [-0.3, -0.25) is 4.79 Å². The number of halogens is 2. The van der Waals surface area contributed by atoms with Crippen LogP contribution in [0.15, 0.2) is 29.8 Å². The van der Waals surface area contributed by atoms with Crippen molar-refractivity contribution in [3.8, 4) is 5.69 Å². The van der Waals surface area contributed by atoms with E-state index in [9.17, 15) is 14.0 Å². The van der Waals surface area contributed by atoms with Gasteiger partial charge < -0.3 is 9.80 Å². The minimum absolute atomic E-state index is 0.0376. The van der Waals surface area contributed by atoms with E-state index in [2.05, 4.69) is 26.5 Å². The van der Waals surface area contributed by atoms with Crippen LogP contribution in [0.4, 0.5) is 10.2 Å². The van der Waals surface area contributed by atoms with Crippen molar-refractivity contribution in [2.24, 2.45) is 0 Å². The monoisotopic (exact) mass is 527 g/mol. The number of nitrogens with zero attached hydrogens (tertiary/aromatic N) is 7. The maximum Gasteiger partial charge on any atom is 0.355 e. The van der Waals surface area contributed by atoms with Crippen molar-refractivity contribution in [2.45, 2.75) is 65.5 Å². The Hall–Kier alpha value is -3.40. The molecule has 11 heteroatoms. The molecule has 4 rings (SSSR count). The fourth-order valence-electron chi connectivity index (χ4n) is 4.83. The predicted molar refractivity (Wildman–Crippen MR) is 142 cm³/mol. The highest BCUT2D eigenvalue weighted by Crippen LogP contribution is 2.33. The Morgan fingerprint density at radius 3 is 2.30 bits per heavy atom. The van der Waals surface area contributed by atoms with Crippen LogP contribution < -0.4 is 10.6 Å². The molecule has 1 aliphatic rings. The smallest absolute Gasteiger partial charge is 0.349 e. The van der Waals surface area contributed by atoms with Crippen molar-refractivity contribution >= 4 is 34.4 Å². The fraction of sp³-hybridized carbons (Fsp3) is 0.462. The van der Waals surface area contributed by atoms with Gasteiger partial charge in [0.15, 0.2) is 16.6 Å². The zero-order valence-electron chi connectivity index (χ0n) is 21.9. The van der Waals surface area contributed by atoms with Crippen molar-refractivity contribution in [1.82, 2.24) is 29.4 Å². The number of fused-ring (bicyclic) bond motifs is 1. The maximum absolute atomic E-state index is 14.8.